The van der Waals surface area contributed by atoms with Gasteiger partial charge in [-0.3, -0.25) is 0 Å². The molecule has 1 N–H and O–H groups in total. The van der Waals surface area contributed by atoms with Crippen LogP contribution in [0.4, 0.5) is 0 Å². The molecular formula is C16H25NO2S. The molecular weight excluding hydrogens is 270 g/mol. The minimum atomic E-state index is -3.00. The third-order valence-electron chi connectivity index (χ3n) is 4.39. The van der Waals surface area contributed by atoms with Gasteiger partial charge in [0.2, 0.25) is 0 Å². The first-order valence-corrected chi connectivity index (χ1v) is 9.30. The lowest BCUT2D eigenvalue weighted by Crippen LogP contribution is -2.48. The lowest BCUT2D eigenvalue weighted by Gasteiger charge is -2.36. The quantitative estimate of drug-likeness (QED) is 0.908. The van der Waals surface area contributed by atoms with Crippen LogP contribution in [0.5, 0.6) is 0 Å². The van der Waals surface area contributed by atoms with Crippen LogP contribution in [0.15, 0.2) is 30.3 Å². The van der Waals surface area contributed by atoms with E-state index in [-0.39, 0.29) is 17.0 Å². The van der Waals surface area contributed by atoms with Crippen LogP contribution in [0, 0.1) is 0 Å². The largest absolute Gasteiger partial charge is 0.313 e. The molecule has 20 heavy (non-hydrogen) atoms. The molecule has 0 aliphatic heterocycles. The van der Waals surface area contributed by atoms with Gasteiger partial charge >= 0.3 is 0 Å². The van der Waals surface area contributed by atoms with E-state index in [4.69, 9.17) is 0 Å². The highest BCUT2D eigenvalue weighted by Crippen LogP contribution is 2.36. The fourth-order valence-corrected chi connectivity index (χ4v) is 4.95. The summed E-state index contributed by atoms with van der Waals surface area (Å²) in [5, 5.41) is 3.12. The zero-order chi connectivity index (χ0) is 14.6. The molecule has 0 spiro atoms. The second kappa shape index (κ2) is 6.72. The van der Waals surface area contributed by atoms with E-state index in [1.165, 1.54) is 5.56 Å². The van der Waals surface area contributed by atoms with Crippen LogP contribution in [0.3, 0.4) is 0 Å². The van der Waals surface area contributed by atoms with Gasteiger partial charge in [-0.2, -0.15) is 0 Å². The highest BCUT2D eigenvalue weighted by Gasteiger charge is 2.37. The molecule has 0 aromatic heterocycles. The minimum absolute atomic E-state index is 0.116. The van der Waals surface area contributed by atoms with Crippen LogP contribution in [-0.2, 0) is 9.84 Å². The summed E-state index contributed by atoms with van der Waals surface area (Å²) < 4.78 is 24.8. The van der Waals surface area contributed by atoms with Crippen molar-refractivity contribution in [2.45, 2.75) is 50.3 Å². The molecule has 3 unspecified atom stereocenters. The molecule has 1 aromatic carbocycles. The van der Waals surface area contributed by atoms with Gasteiger partial charge in [-0.25, -0.2) is 8.42 Å². The number of hydrogen-bond donors (Lipinski definition) is 1. The number of nitrogens with one attached hydrogen (secondary N) is 1. The SMILES string of the molecule is CCNC1CCC(c2ccccc2)CC1S(=O)(=O)CC. The summed E-state index contributed by atoms with van der Waals surface area (Å²) in [6.45, 7) is 4.62. The highest BCUT2D eigenvalue weighted by atomic mass is 32.2. The zero-order valence-electron chi connectivity index (χ0n) is 12.4. The van der Waals surface area contributed by atoms with Gasteiger partial charge in [-0.05, 0) is 37.3 Å². The molecule has 1 aliphatic carbocycles. The first-order chi connectivity index (χ1) is 9.58. The van der Waals surface area contributed by atoms with Crippen LogP contribution >= 0.6 is 0 Å². The fraction of sp³-hybridized carbons (Fsp3) is 0.625. The summed E-state index contributed by atoms with van der Waals surface area (Å²) in [4.78, 5) is 0. The summed E-state index contributed by atoms with van der Waals surface area (Å²) in [5.41, 5.74) is 1.28. The van der Waals surface area contributed by atoms with Crippen molar-refractivity contribution in [3.8, 4) is 0 Å². The van der Waals surface area contributed by atoms with E-state index in [9.17, 15) is 8.42 Å². The molecule has 1 aromatic rings. The van der Waals surface area contributed by atoms with E-state index in [0.29, 0.717) is 5.92 Å². The lowest BCUT2D eigenvalue weighted by atomic mass is 9.81. The second-order valence-corrected chi connectivity index (χ2v) is 8.08. The Balaban J connectivity index is 2.20. The number of sulfone groups is 1. The fourth-order valence-electron chi connectivity index (χ4n) is 3.26. The molecule has 0 bridgehead atoms. The van der Waals surface area contributed by atoms with Gasteiger partial charge in [-0.15, -0.1) is 0 Å². The third-order valence-corrected chi connectivity index (χ3v) is 6.64. The minimum Gasteiger partial charge on any atom is -0.313 e. The van der Waals surface area contributed by atoms with Crippen molar-refractivity contribution in [3.63, 3.8) is 0 Å². The van der Waals surface area contributed by atoms with Crippen molar-refractivity contribution in [3.05, 3.63) is 35.9 Å². The second-order valence-electron chi connectivity index (χ2n) is 5.57. The first kappa shape index (κ1) is 15.5. The monoisotopic (exact) mass is 295 g/mol. The van der Waals surface area contributed by atoms with Crippen LogP contribution in [-0.4, -0.2) is 32.0 Å². The normalized spacial score (nSPS) is 27.4. The average molecular weight is 295 g/mol. The Morgan fingerprint density at radius 3 is 2.45 bits per heavy atom. The molecule has 0 amide bonds. The van der Waals surface area contributed by atoms with Crippen molar-refractivity contribution < 1.29 is 8.42 Å². The van der Waals surface area contributed by atoms with E-state index < -0.39 is 9.84 Å². The summed E-state index contributed by atoms with van der Waals surface area (Å²) in [5.74, 6) is 0.610. The first-order valence-electron chi connectivity index (χ1n) is 7.58. The summed E-state index contributed by atoms with van der Waals surface area (Å²) in [7, 11) is -3.00. The van der Waals surface area contributed by atoms with Crippen LogP contribution in [0.2, 0.25) is 0 Å². The molecule has 112 valence electrons. The van der Waals surface area contributed by atoms with Gasteiger partial charge in [0.15, 0.2) is 9.84 Å². The Kier molecular flexibility index (Phi) is 5.22. The van der Waals surface area contributed by atoms with Gasteiger partial charge in [-0.1, -0.05) is 44.2 Å². The van der Waals surface area contributed by atoms with Crippen LogP contribution in [0.1, 0.15) is 44.6 Å². The number of hydrogen-bond acceptors (Lipinski definition) is 3. The Morgan fingerprint density at radius 2 is 1.85 bits per heavy atom. The van der Waals surface area contributed by atoms with Crippen LogP contribution in [0.25, 0.3) is 0 Å². The molecule has 1 saturated carbocycles. The van der Waals surface area contributed by atoms with E-state index in [0.717, 1.165) is 25.8 Å². The van der Waals surface area contributed by atoms with Crippen LogP contribution < -0.4 is 5.32 Å². The van der Waals surface area contributed by atoms with E-state index in [1.54, 1.807) is 6.92 Å². The molecule has 3 atom stereocenters. The molecule has 0 radical (unpaired) electrons. The van der Waals surface area contributed by atoms with Gasteiger partial charge in [0.05, 0.1) is 5.25 Å². The summed E-state index contributed by atoms with van der Waals surface area (Å²) in [6, 6.07) is 10.4. The predicted octanol–water partition coefficient (Wildman–Crippen LogP) is 2.74. The van der Waals surface area contributed by atoms with Gasteiger partial charge < -0.3 is 5.32 Å². The molecule has 0 saturated heterocycles. The summed E-state index contributed by atoms with van der Waals surface area (Å²) in [6.07, 6.45) is 2.76. The maximum atomic E-state index is 12.4. The standard InChI is InChI=1S/C16H25NO2S/c1-3-17-15-11-10-14(13-8-6-5-7-9-13)12-16(15)20(18,19)4-2/h5-9,14-17H,3-4,10-12H2,1-2H3. The zero-order valence-corrected chi connectivity index (χ0v) is 13.2. The van der Waals surface area contributed by atoms with E-state index >= 15 is 0 Å². The van der Waals surface area contributed by atoms with Gasteiger partial charge in [0.25, 0.3) is 0 Å². The maximum absolute atomic E-state index is 12.4. The molecule has 1 aliphatic rings. The number of rotatable bonds is 5. The predicted molar refractivity (Wildman–Crippen MR) is 83.7 cm³/mol. The Hall–Kier alpha value is -0.870. The molecule has 0 heterocycles. The van der Waals surface area contributed by atoms with Crippen molar-refractivity contribution in [1.82, 2.24) is 5.32 Å². The van der Waals surface area contributed by atoms with Crippen molar-refractivity contribution in [2.24, 2.45) is 0 Å². The smallest absolute Gasteiger partial charge is 0.154 e. The van der Waals surface area contributed by atoms with Crippen molar-refractivity contribution in [1.29, 1.82) is 0 Å². The average Bonchev–Trinajstić information content (AvgIpc) is 2.49. The molecule has 3 nitrogen and oxygen atoms in total. The van der Waals surface area contributed by atoms with E-state index in [1.807, 2.05) is 25.1 Å². The molecule has 1 fully saturated rings. The Labute approximate surface area is 122 Å². The van der Waals surface area contributed by atoms with Gasteiger partial charge in [0.1, 0.15) is 0 Å². The molecule has 4 heteroatoms. The Bertz CT molecular complexity index is 513. The highest BCUT2D eigenvalue weighted by molar-refractivity contribution is 7.92. The maximum Gasteiger partial charge on any atom is 0.154 e. The third kappa shape index (κ3) is 3.41. The Morgan fingerprint density at radius 1 is 1.15 bits per heavy atom. The van der Waals surface area contributed by atoms with E-state index in [2.05, 4.69) is 17.4 Å². The number of benzene rings is 1. The van der Waals surface area contributed by atoms with Gasteiger partial charge in [0, 0.05) is 11.8 Å². The molecule has 2 rings (SSSR count). The lowest BCUT2D eigenvalue weighted by molar-refractivity contribution is 0.346. The van der Waals surface area contributed by atoms with Crippen molar-refractivity contribution in [2.75, 3.05) is 12.3 Å². The summed E-state index contributed by atoms with van der Waals surface area (Å²) >= 11 is 0. The van der Waals surface area contributed by atoms with Crippen molar-refractivity contribution >= 4 is 9.84 Å². The topological polar surface area (TPSA) is 46.2 Å².